The van der Waals surface area contributed by atoms with Crippen molar-refractivity contribution in [3.8, 4) is 44.9 Å². The van der Waals surface area contributed by atoms with Gasteiger partial charge in [0.15, 0.2) is 0 Å². The van der Waals surface area contributed by atoms with Crippen LogP contribution in [-0.4, -0.2) is 0 Å². The van der Waals surface area contributed by atoms with Crippen LogP contribution in [0, 0.1) is 0 Å². The molecule has 0 atom stereocenters. The molecule has 0 amide bonds. The number of fused-ring (bicyclic) bond motifs is 9. The highest BCUT2D eigenvalue weighted by Gasteiger charge is 2.51. The fraction of sp³-hybridized carbons (Fsp3) is 0.0204. The van der Waals surface area contributed by atoms with Crippen LogP contribution >= 0.6 is 0 Å². The van der Waals surface area contributed by atoms with Gasteiger partial charge in [-0.1, -0.05) is 152 Å². The van der Waals surface area contributed by atoms with Gasteiger partial charge in [-0.25, -0.2) is 0 Å². The third-order valence-corrected chi connectivity index (χ3v) is 10.6. The normalized spacial score (nSPS) is 13.0. The number of rotatable bonds is 5. The number of hydrogen-bond donors (Lipinski definition) is 0. The lowest BCUT2D eigenvalue weighted by Gasteiger charge is -2.39. The van der Waals surface area contributed by atoms with Crippen LogP contribution in [0.1, 0.15) is 22.3 Å². The SMILES string of the molecule is c1ccc(-c2ccc(N(c3ccc(-c4ccccc4)cc3)c3ccc4c(c3)C3(c5ccccc5Oc5ccccc53)c3ccccc3-4)cc2)cc1. The van der Waals surface area contributed by atoms with Crippen molar-refractivity contribution in [1.29, 1.82) is 0 Å². The molecule has 0 radical (unpaired) electrons. The van der Waals surface area contributed by atoms with E-state index in [1.54, 1.807) is 0 Å². The number of para-hydroxylation sites is 2. The van der Waals surface area contributed by atoms with E-state index in [1.807, 2.05) is 0 Å². The molecule has 0 saturated carbocycles. The highest BCUT2D eigenvalue weighted by molar-refractivity contribution is 5.91. The number of hydrogen-bond acceptors (Lipinski definition) is 2. The minimum absolute atomic E-state index is 0.534. The minimum Gasteiger partial charge on any atom is -0.457 e. The highest BCUT2D eigenvalue weighted by Crippen LogP contribution is 2.62. The van der Waals surface area contributed by atoms with Crippen molar-refractivity contribution in [2.45, 2.75) is 5.41 Å². The maximum atomic E-state index is 6.60. The Morgan fingerprint density at radius 3 is 1.27 bits per heavy atom. The Balaban J connectivity index is 1.19. The van der Waals surface area contributed by atoms with Crippen LogP contribution in [0.4, 0.5) is 17.1 Å². The molecule has 0 aromatic heterocycles. The van der Waals surface area contributed by atoms with Crippen LogP contribution in [-0.2, 0) is 5.41 Å². The summed E-state index contributed by atoms with van der Waals surface area (Å²) in [6, 6.07) is 72.0. The lowest BCUT2D eigenvalue weighted by molar-refractivity contribution is 0.436. The van der Waals surface area contributed by atoms with Gasteiger partial charge in [0.2, 0.25) is 0 Å². The smallest absolute Gasteiger partial charge is 0.132 e. The van der Waals surface area contributed by atoms with Crippen molar-refractivity contribution >= 4 is 17.1 Å². The van der Waals surface area contributed by atoms with Crippen molar-refractivity contribution in [3.63, 3.8) is 0 Å². The Kier molecular flexibility index (Phi) is 6.75. The van der Waals surface area contributed by atoms with E-state index in [2.05, 4.69) is 205 Å². The quantitative estimate of drug-likeness (QED) is 0.184. The average molecular weight is 652 g/mol. The second-order valence-electron chi connectivity index (χ2n) is 13.3. The fourth-order valence-corrected chi connectivity index (χ4v) is 8.30. The molecule has 240 valence electrons. The van der Waals surface area contributed by atoms with E-state index in [9.17, 15) is 0 Å². The van der Waals surface area contributed by atoms with Crippen LogP contribution in [0.3, 0.4) is 0 Å². The van der Waals surface area contributed by atoms with E-state index in [4.69, 9.17) is 4.74 Å². The molecule has 0 unspecified atom stereocenters. The van der Waals surface area contributed by atoms with Gasteiger partial charge in [-0.05, 0) is 93.0 Å². The topological polar surface area (TPSA) is 12.5 Å². The van der Waals surface area contributed by atoms with Gasteiger partial charge in [-0.15, -0.1) is 0 Å². The molecule has 10 rings (SSSR count). The summed E-state index contributed by atoms with van der Waals surface area (Å²) in [5.74, 6) is 1.79. The monoisotopic (exact) mass is 651 g/mol. The fourth-order valence-electron chi connectivity index (χ4n) is 8.30. The zero-order valence-electron chi connectivity index (χ0n) is 27.9. The molecule has 0 fully saturated rings. The Bertz CT molecular complexity index is 2410. The molecule has 51 heavy (non-hydrogen) atoms. The molecular weight excluding hydrogens is 619 g/mol. The number of benzene rings is 8. The van der Waals surface area contributed by atoms with Crippen LogP contribution in [0.5, 0.6) is 11.5 Å². The summed E-state index contributed by atoms with van der Waals surface area (Å²) in [5.41, 5.74) is 14.9. The largest absolute Gasteiger partial charge is 0.457 e. The highest BCUT2D eigenvalue weighted by atomic mass is 16.5. The predicted molar refractivity (Wildman–Crippen MR) is 209 cm³/mol. The molecule has 1 heterocycles. The van der Waals surface area contributed by atoms with Crippen LogP contribution in [0.15, 0.2) is 200 Å². The summed E-state index contributed by atoms with van der Waals surface area (Å²) >= 11 is 0. The third kappa shape index (κ3) is 4.57. The molecule has 2 aliphatic rings. The summed E-state index contributed by atoms with van der Waals surface area (Å²) in [4.78, 5) is 2.39. The van der Waals surface area contributed by atoms with Crippen LogP contribution in [0.2, 0.25) is 0 Å². The van der Waals surface area contributed by atoms with Gasteiger partial charge in [0, 0.05) is 28.2 Å². The van der Waals surface area contributed by atoms with E-state index in [-0.39, 0.29) is 0 Å². The van der Waals surface area contributed by atoms with Gasteiger partial charge >= 0.3 is 0 Å². The molecular formula is C49H33NO. The predicted octanol–water partition coefficient (Wildman–Crippen LogP) is 13.0. The third-order valence-electron chi connectivity index (χ3n) is 10.6. The van der Waals surface area contributed by atoms with Crippen LogP contribution in [0.25, 0.3) is 33.4 Å². The first-order chi connectivity index (χ1) is 25.3. The van der Waals surface area contributed by atoms with Gasteiger partial charge in [0.25, 0.3) is 0 Å². The minimum atomic E-state index is -0.534. The Labute approximate surface area is 298 Å². The van der Waals surface area contributed by atoms with E-state index < -0.39 is 5.41 Å². The maximum absolute atomic E-state index is 6.60. The summed E-state index contributed by atoms with van der Waals surface area (Å²) in [6.45, 7) is 0. The number of ether oxygens (including phenoxy) is 1. The molecule has 1 spiro atoms. The Morgan fingerprint density at radius 1 is 0.314 bits per heavy atom. The molecule has 2 nitrogen and oxygen atoms in total. The number of anilines is 3. The second-order valence-corrected chi connectivity index (χ2v) is 13.3. The van der Waals surface area contributed by atoms with Crippen molar-refractivity contribution < 1.29 is 4.74 Å². The lowest BCUT2D eigenvalue weighted by atomic mass is 9.66. The van der Waals surface area contributed by atoms with Gasteiger partial charge in [0.05, 0.1) is 5.41 Å². The first-order valence-electron chi connectivity index (χ1n) is 17.5. The van der Waals surface area contributed by atoms with E-state index >= 15 is 0 Å². The average Bonchev–Trinajstić information content (AvgIpc) is 3.49. The second kappa shape index (κ2) is 11.8. The van der Waals surface area contributed by atoms with Gasteiger partial charge in [0.1, 0.15) is 11.5 Å². The molecule has 8 aromatic rings. The van der Waals surface area contributed by atoms with E-state index in [0.29, 0.717) is 0 Å². The maximum Gasteiger partial charge on any atom is 0.132 e. The summed E-state index contributed by atoms with van der Waals surface area (Å²) in [5, 5.41) is 0. The zero-order chi connectivity index (χ0) is 33.8. The molecule has 1 aliphatic carbocycles. The van der Waals surface area contributed by atoms with Crippen molar-refractivity contribution in [1.82, 2.24) is 0 Å². The first-order valence-corrected chi connectivity index (χ1v) is 17.5. The molecule has 0 N–H and O–H groups in total. The molecule has 8 aromatic carbocycles. The Morgan fingerprint density at radius 2 is 0.725 bits per heavy atom. The molecule has 2 heteroatoms. The molecule has 0 saturated heterocycles. The van der Waals surface area contributed by atoms with Crippen molar-refractivity contribution in [2.24, 2.45) is 0 Å². The zero-order valence-corrected chi connectivity index (χ0v) is 27.9. The molecule has 0 bridgehead atoms. The van der Waals surface area contributed by atoms with Crippen molar-refractivity contribution in [3.05, 3.63) is 222 Å². The van der Waals surface area contributed by atoms with Gasteiger partial charge < -0.3 is 9.64 Å². The lowest BCUT2D eigenvalue weighted by Crippen LogP contribution is -2.32. The van der Waals surface area contributed by atoms with Gasteiger partial charge in [-0.3, -0.25) is 0 Å². The Hall–Kier alpha value is -6.64. The number of nitrogens with zero attached hydrogens (tertiary/aromatic N) is 1. The summed E-state index contributed by atoms with van der Waals surface area (Å²) < 4.78 is 6.60. The van der Waals surface area contributed by atoms with E-state index in [1.165, 1.54) is 44.5 Å². The first kappa shape index (κ1) is 29.3. The standard InChI is InChI=1S/C49H33NO/c1-3-13-34(14-4-1)36-23-27-38(28-24-36)50(39-29-25-37(26-30-39)35-15-5-2-6-16-35)40-31-32-42-41-17-7-8-18-43(41)49(46(42)33-40)44-19-9-11-21-47(44)51-48-22-12-10-20-45(48)49/h1-33H. The van der Waals surface area contributed by atoms with E-state index in [0.717, 1.165) is 39.7 Å². The summed E-state index contributed by atoms with van der Waals surface area (Å²) in [6.07, 6.45) is 0. The van der Waals surface area contributed by atoms with Crippen LogP contribution < -0.4 is 9.64 Å². The molecule has 1 aliphatic heterocycles. The summed E-state index contributed by atoms with van der Waals surface area (Å²) in [7, 11) is 0. The van der Waals surface area contributed by atoms with Gasteiger partial charge in [-0.2, -0.15) is 0 Å². The van der Waals surface area contributed by atoms with Crippen molar-refractivity contribution in [2.75, 3.05) is 4.90 Å².